The fourth-order valence-corrected chi connectivity index (χ4v) is 2.31. The minimum Gasteiger partial charge on any atom is -0.352 e. The van der Waals surface area contributed by atoms with Crippen molar-refractivity contribution < 1.29 is 0 Å². The highest BCUT2D eigenvalue weighted by Gasteiger charge is 2.14. The average Bonchev–Trinajstić information content (AvgIpc) is 2.86. The first-order valence-electron chi connectivity index (χ1n) is 5.99. The summed E-state index contributed by atoms with van der Waals surface area (Å²) in [6, 6.07) is 8.37. The highest BCUT2D eigenvalue weighted by Crippen LogP contribution is 2.11. The van der Waals surface area contributed by atoms with Gasteiger partial charge in [-0.05, 0) is 30.5 Å². The van der Waals surface area contributed by atoms with E-state index in [0.717, 1.165) is 30.1 Å². The van der Waals surface area contributed by atoms with E-state index >= 15 is 0 Å². The van der Waals surface area contributed by atoms with Crippen LogP contribution in [0.3, 0.4) is 0 Å². The molecule has 0 amide bonds. The maximum absolute atomic E-state index is 4.32. The van der Waals surface area contributed by atoms with Crippen molar-refractivity contribution in [2.45, 2.75) is 19.4 Å². The molecule has 0 spiro atoms. The summed E-state index contributed by atoms with van der Waals surface area (Å²) in [4.78, 5) is 6.64. The first-order valence-corrected chi connectivity index (χ1v) is 6.79. The molecule has 100 valence electrons. The van der Waals surface area contributed by atoms with Crippen LogP contribution in [0.2, 0.25) is 0 Å². The maximum atomic E-state index is 4.32. The van der Waals surface area contributed by atoms with Crippen LogP contribution in [0, 0.1) is 0 Å². The van der Waals surface area contributed by atoms with E-state index in [4.69, 9.17) is 0 Å². The highest BCUT2D eigenvalue weighted by atomic mass is 127. The predicted octanol–water partition coefficient (Wildman–Crippen LogP) is 3.24. The molecule has 0 bridgehead atoms. The lowest BCUT2D eigenvalue weighted by Crippen LogP contribution is -2.39. The fraction of sp³-hybridized carbons (Fsp3) is 0.462. The van der Waals surface area contributed by atoms with Gasteiger partial charge in [0, 0.05) is 31.2 Å². The Kier molecular flexibility index (Phi) is 6.99. The van der Waals surface area contributed by atoms with Crippen LogP contribution in [0.25, 0.3) is 0 Å². The molecular weight excluding hydrogens is 405 g/mol. The van der Waals surface area contributed by atoms with E-state index in [1.807, 2.05) is 7.05 Å². The molecule has 1 fully saturated rings. The van der Waals surface area contributed by atoms with Gasteiger partial charge in [-0.3, -0.25) is 4.99 Å². The zero-order valence-corrected chi connectivity index (χ0v) is 14.4. The molecule has 0 aliphatic carbocycles. The fourth-order valence-electron chi connectivity index (χ4n) is 2.04. The quantitative estimate of drug-likeness (QED) is 0.449. The Labute approximate surface area is 134 Å². The molecule has 5 heteroatoms. The van der Waals surface area contributed by atoms with E-state index in [1.54, 1.807) is 0 Å². The van der Waals surface area contributed by atoms with Crippen molar-refractivity contribution in [3.8, 4) is 0 Å². The van der Waals surface area contributed by atoms with Gasteiger partial charge in [0.1, 0.15) is 0 Å². The third-order valence-corrected chi connectivity index (χ3v) is 3.51. The monoisotopic (exact) mass is 423 g/mol. The van der Waals surface area contributed by atoms with E-state index < -0.39 is 0 Å². The van der Waals surface area contributed by atoms with Crippen LogP contribution in [0.5, 0.6) is 0 Å². The molecule has 0 saturated carbocycles. The molecule has 1 saturated heterocycles. The molecular formula is C13H19BrIN3. The number of nitrogens with zero attached hydrogens (tertiary/aromatic N) is 2. The summed E-state index contributed by atoms with van der Waals surface area (Å²) in [6.07, 6.45) is 2.55. The zero-order valence-electron chi connectivity index (χ0n) is 10.5. The second-order valence-electron chi connectivity index (χ2n) is 4.22. The van der Waals surface area contributed by atoms with E-state index in [0.29, 0.717) is 0 Å². The highest BCUT2D eigenvalue weighted by molar-refractivity contribution is 14.0. The number of likely N-dealkylation sites (tertiary alicyclic amines) is 1. The van der Waals surface area contributed by atoms with Crippen molar-refractivity contribution in [1.29, 1.82) is 0 Å². The Morgan fingerprint density at radius 3 is 2.44 bits per heavy atom. The Bertz CT molecular complexity index is 386. The van der Waals surface area contributed by atoms with Gasteiger partial charge in [0.2, 0.25) is 0 Å². The molecule has 1 aromatic rings. The molecule has 2 rings (SSSR count). The van der Waals surface area contributed by atoms with Crippen molar-refractivity contribution in [3.05, 3.63) is 34.3 Å². The van der Waals surface area contributed by atoms with E-state index in [9.17, 15) is 0 Å². The number of aliphatic imine (C=N–C) groups is 1. The molecule has 18 heavy (non-hydrogen) atoms. The van der Waals surface area contributed by atoms with Crippen LogP contribution in [-0.2, 0) is 6.54 Å². The SMILES string of the molecule is CN=C(NCc1ccc(Br)cc1)N1CCCC1.I. The van der Waals surface area contributed by atoms with Crippen LogP contribution in [0.15, 0.2) is 33.7 Å². The van der Waals surface area contributed by atoms with Gasteiger partial charge in [-0.25, -0.2) is 0 Å². The number of rotatable bonds is 2. The van der Waals surface area contributed by atoms with E-state index in [-0.39, 0.29) is 24.0 Å². The van der Waals surface area contributed by atoms with Crippen LogP contribution in [0.4, 0.5) is 0 Å². The van der Waals surface area contributed by atoms with Gasteiger partial charge in [0.05, 0.1) is 0 Å². The van der Waals surface area contributed by atoms with Crippen molar-refractivity contribution in [2.24, 2.45) is 4.99 Å². The second-order valence-corrected chi connectivity index (χ2v) is 5.14. The summed E-state index contributed by atoms with van der Waals surface area (Å²) in [5, 5.41) is 3.41. The number of hydrogen-bond acceptors (Lipinski definition) is 1. The Morgan fingerprint density at radius 2 is 1.89 bits per heavy atom. The van der Waals surface area contributed by atoms with Crippen molar-refractivity contribution in [3.63, 3.8) is 0 Å². The molecule has 1 N–H and O–H groups in total. The predicted molar refractivity (Wildman–Crippen MR) is 90.6 cm³/mol. The maximum Gasteiger partial charge on any atom is 0.193 e. The minimum atomic E-state index is 0. The lowest BCUT2D eigenvalue weighted by atomic mass is 10.2. The third-order valence-electron chi connectivity index (χ3n) is 2.98. The third kappa shape index (κ3) is 4.42. The van der Waals surface area contributed by atoms with Gasteiger partial charge >= 0.3 is 0 Å². The lowest BCUT2D eigenvalue weighted by Gasteiger charge is -2.20. The van der Waals surface area contributed by atoms with Gasteiger partial charge in [-0.15, -0.1) is 24.0 Å². The van der Waals surface area contributed by atoms with Gasteiger partial charge in [-0.1, -0.05) is 28.1 Å². The van der Waals surface area contributed by atoms with Crippen LogP contribution >= 0.6 is 39.9 Å². The first kappa shape index (κ1) is 15.8. The van der Waals surface area contributed by atoms with Crippen molar-refractivity contribution >= 4 is 45.9 Å². The largest absolute Gasteiger partial charge is 0.352 e. The average molecular weight is 424 g/mol. The molecule has 1 heterocycles. The normalized spacial score (nSPS) is 15.4. The summed E-state index contributed by atoms with van der Waals surface area (Å²) >= 11 is 3.44. The number of hydrogen-bond donors (Lipinski definition) is 1. The van der Waals surface area contributed by atoms with Gasteiger partial charge < -0.3 is 10.2 Å². The Hall–Kier alpha value is -0.300. The second kappa shape index (κ2) is 7.99. The van der Waals surface area contributed by atoms with Crippen LogP contribution in [0.1, 0.15) is 18.4 Å². The van der Waals surface area contributed by atoms with Crippen LogP contribution in [-0.4, -0.2) is 31.0 Å². The molecule has 0 atom stereocenters. The summed E-state index contributed by atoms with van der Waals surface area (Å²) in [7, 11) is 1.85. The summed E-state index contributed by atoms with van der Waals surface area (Å²) in [6.45, 7) is 3.08. The molecule has 1 aliphatic heterocycles. The summed E-state index contributed by atoms with van der Waals surface area (Å²) in [5.74, 6) is 1.02. The minimum absolute atomic E-state index is 0. The molecule has 0 unspecified atom stereocenters. The van der Waals surface area contributed by atoms with Crippen molar-refractivity contribution in [2.75, 3.05) is 20.1 Å². The molecule has 0 radical (unpaired) electrons. The topological polar surface area (TPSA) is 27.6 Å². The summed E-state index contributed by atoms with van der Waals surface area (Å²) in [5.41, 5.74) is 1.27. The Balaban J connectivity index is 0.00000162. The lowest BCUT2D eigenvalue weighted by molar-refractivity contribution is 0.493. The number of guanidine groups is 1. The van der Waals surface area contributed by atoms with Gasteiger partial charge in [-0.2, -0.15) is 0 Å². The standard InChI is InChI=1S/C13H18BrN3.HI/c1-15-13(17-8-2-3-9-17)16-10-11-4-6-12(14)7-5-11;/h4-7H,2-3,8-10H2,1H3,(H,15,16);1H. The molecule has 1 aliphatic rings. The first-order chi connectivity index (χ1) is 8.29. The van der Waals surface area contributed by atoms with Gasteiger partial charge in [0.15, 0.2) is 5.96 Å². The number of nitrogens with one attached hydrogen (secondary N) is 1. The van der Waals surface area contributed by atoms with Crippen LogP contribution < -0.4 is 5.32 Å². The summed E-state index contributed by atoms with van der Waals surface area (Å²) < 4.78 is 1.12. The van der Waals surface area contributed by atoms with Gasteiger partial charge in [0.25, 0.3) is 0 Å². The molecule has 3 nitrogen and oxygen atoms in total. The number of benzene rings is 1. The van der Waals surface area contributed by atoms with Crippen molar-refractivity contribution in [1.82, 2.24) is 10.2 Å². The Morgan fingerprint density at radius 1 is 1.28 bits per heavy atom. The number of halogens is 2. The zero-order chi connectivity index (χ0) is 12.1. The molecule has 0 aromatic heterocycles. The van der Waals surface area contributed by atoms with E-state index in [2.05, 4.69) is 55.4 Å². The smallest absolute Gasteiger partial charge is 0.193 e. The molecule has 1 aromatic carbocycles. The van der Waals surface area contributed by atoms with E-state index in [1.165, 1.54) is 18.4 Å².